The zero-order chi connectivity index (χ0) is 64.0. The van der Waals surface area contributed by atoms with E-state index >= 15 is 0 Å². The summed E-state index contributed by atoms with van der Waals surface area (Å²) in [6.07, 6.45) is -27.0. The molecular weight excluding hydrogens is 1140 g/mol. The number of unbranched alkanes of at least 4 members (excludes halogenated alkanes) is 1. The molecule has 0 spiro atoms. The molecule has 496 valence electrons. The number of rotatable bonds is 16. The molecule has 0 unspecified atom stereocenters. The highest BCUT2D eigenvalue weighted by molar-refractivity contribution is 5.82. The Labute approximate surface area is 507 Å². The van der Waals surface area contributed by atoms with Crippen molar-refractivity contribution in [3.63, 3.8) is 0 Å². The minimum atomic E-state index is -2.23. The van der Waals surface area contributed by atoms with Crippen LogP contribution in [0.3, 0.4) is 0 Å². The SMILES string of the molecule is CCC/C=C/C=C/C(=O)O[C@H]1CC(C)(C)C[C@H]2C3=CC[C@@H]4[C@@]5(C)CC[C@H]([C@@H]6O[C@H](C(=O)O)[C@@H](O)[C@H](O[C@@H]7O[C@H](CO)[C@H](O)[C@H](O)[C@H]7O[C@@H]7O[C@@H](C)[C@H](O)[C@@H](O)[C@H]7O)[C@H]6O[C@@H]6O[C@H](CO)[C@@H](O)[C@H](O)[C@H]6O)C(C)(C)[C@@H]5CC[C@@]4(C)[C@]3(C)[C@@H](O)[C@@H](O)[C@@]12CO. The van der Waals surface area contributed by atoms with Crippen LogP contribution in [0.4, 0.5) is 0 Å². The average Bonchev–Trinajstić information content (AvgIpc) is 0.672. The molecule has 0 amide bonds. The van der Waals surface area contributed by atoms with Gasteiger partial charge in [0.05, 0.1) is 49.7 Å². The maximum atomic E-state index is 13.5. The van der Waals surface area contributed by atoms with E-state index in [-0.39, 0.29) is 18.3 Å². The molecule has 4 saturated heterocycles. The van der Waals surface area contributed by atoms with Crippen LogP contribution < -0.4 is 0 Å². The molecule has 0 aromatic heterocycles. The molecule has 25 nitrogen and oxygen atoms in total. The normalized spacial score (nSPS) is 51.4. The summed E-state index contributed by atoms with van der Waals surface area (Å²) < 4.78 is 49.4. The molecule has 31 atom stereocenters. The molecule has 9 rings (SSSR count). The molecule has 9 aliphatic rings. The lowest BCUT2D eigenvalue weighted by molar-refractivity contribution is -0.393. The zero-order valence-electron chi connectivity index (χ0n) is 51.3. The number of carbonyl (C=O) groups is 2. The van der Waals surface area contributed by atoms with Crippen molar-refractivity contribution >= 4 is 11.9 Å². The largest absolute Gasteiger partial charge is 0.479 e. The standard InChI is InChI=1S/C62H98O25/c1-10-11-12-13-14-15-36(66)83-35-23-57(3,4)22-30-28-16-17-34-59(7)20-18-29(58(5,6)33(59)19-21-60(34,8)61(28,9)51(76)52(77)62(30,35)26-65)46-50(87-55-44(74)41(71)38(68)31(24-63)81-55)47(45(75)48(84-46)53(78)79)85-56-49(42(72)39(69)32(25-64)82-56)86-54-43(73)40(70)37(67)27(2)80-54/h12-16,27,29-35,37-52,54-56,63-65,67-77H,10-11,17-26H2,1-9H3,(H,78,79)/b13-12+,15-14+/t27-,29+,30-,31+,32+,33-,34+,35-,37-,38+,39-,40+,41-,42-,43+,44+,45-,46-,47-,48-,49+,50-,51-,52+,54-,55-,56-,59-,60+,61-,62+/m0/s1. The topological polar surface area (TPSA) is 411 Å². The van der Waals surface area contributed by atoms with E-state index in [0.29, 0.717) is 38.5 Å². The van der Waals surface area contributed by atoms with E-state index in [1.807, 2.05) is 33.8 Å². The first-order valence-corrected chi connectivity index (χ1v) is 31.1. The Morgan fingerprint density at radius 1 is 0.644 bits per heavy atom. The highest BCUT2D eigenvalue weighted by Crippen LogP contribution is 2.76. The summed E-state index contributed by atoms with van der Waals surface area (Å²) in [7, 11) is 0. The number of ether oxygens (including phenoxy) is 8. The molecule has 4 saturated carbocycles. The predicted octanol–water partition coefficient (Wildman–Crippen LogP) is -0.793. The van der Waals surface area contributed by atoms with E-state index in [1.54, 1.807) is 12.2 Å². The van der Waals surface area contributed by atoms with E-state index in [1.165, 1.54) is 13.0 Å². The van der Waals surface area contributed by atoms with Crippen LogP contribution in [0.2, 0.25) is 0 Å². The van der Waals surface area contributed by atoms with E-state index in [4.69, 9.17) is 37.9 Å². The van der Waals surface area contributed by atoms with Crippen molar-refractivity contribution in [2.24, 2.45) is 56.2 Å². The molecular formula is C62H98O25. The summed E-state index contributed by atoms with van der Waals surface area (Å²) in [5.41, 5.74) is -4.20. The lowest BCUT2D eigenvalue weighted by Crippen LogP contribution is -2.74. The summed E-state index contributed by atoms with van der Waals surface area (Å²) in [5.74, 6) is -3.93. The minimum Gasteiger partial charge on any atom is -0.479 e. The summed E-state index contributed by atoms with van der Waals surface area (Å²) in [6, 6.07) is 0. The molecule has 0 aromatic rings. The van der Waals surface area contributed by atoms with Crippen LogP contribution in [0.5, 0.6) is 0 Å². The Bertz CT molecular complexity index is 2510. The van der Waals surface area contributed by atoms with Gasteiger partial charge in [-0.3, -0.25) is 0 Å². The summed E-state index contributed by atoms with van der Waals surface area (Å²) >= 11 is 0. The number of aliphatic hydroxyl groups excluding tert-OH is 14. The fourth-order valence-electron chi connectivity index (χ4n) is 18.2. The quantitative estimate of drug-likeness (QED) is 0.0390. The average molecular weight is 1240 g/mol. The molecule has 4 aliphatic heterocycles. The van der Waals surface area contributed by atoms with Crippen LogP contribution in [-0.2, 0) is 47.5 Å². The lowest BCUT2D eigenvalue weighted by atomic mass is 9.32. The van der Waals surface area contributed by atoms with E-state index in [0.717, 1.165) is 18.4 Å². The van der Waals surface area contributed by atoms with Gasteiger partial charge in [0.1, 0.15) is 91.6 Å². The van der Waals surface area contributed by atoms with Crippen LogP contribution in [0.25, 0.3) is 0 Å². The predicted molar refractivity (Wildman–Crippen MR) is 302 cm³/mol. The summed E-state index contributed by atoms with van der Waals surface area (Å²) in [4.78, 5) is 27.0. The Morgan fingerprint density at radius 2 is 1.24 bits per heavy atom. The first-order chi connectivity index (χ1) is 40.8. The van der Waals surface area contributed by atoms with Gasteiger partial charge in [-0.25, -0.2) is 9.59 Å². The number of esters is 1. The van der Waals surface area contributed by atoms with Crippen LogP contribution in [-0.4, -0.2) is 249 Å². The number of hydrogen-bond donors (Lipinski definition) is 15. The van der Waals surface area contributed by atoms with Gasteiger partial charge in [0.25, 0.3) is 0 Å². The van der Waals surface area contributed by atoms with Crippen molar-refractivity contribution < 1.29 is 124 Å². The van der Waals surface area contributed by atoms with Crippen molar-refractivity contribution in [1.82, 2.24) is 0 Å². The van der Waals surface area contributed by atoms with Gasteiger partial charge in [-0.15, -0.1) is 0 Å². The number of aliphatic hydroxyl groups is 14. The Morgan fingerprint density at radius 3 is 1.86 bits per heavy atom. The van der Waals surface area contributed by atoms with Gasteiger partial charge in [-0.2, -0.15) is 0 Å². The van der Waals surface area contributed by atoms with Crippen molar-refractivity contribution in [2.45, 2.75) is 261 Å². The summed E-state index contributed by atoms with van der Waals surface area (Å²) in [5, 5.41) is 170. The first kappa shape index (κ1) is 68.7. The molecule has 87 heavy (non-hydrogen) atoms. The third-order valence-corrected chi connectivity index (χ3v) is 23.1. The third-order valence-electron chi connectivity index (χ3n) is 23.1. The van der Waals surface area contributed by atoms with Gasteiger partial charge in [-0.1, -0.05) is 91.7 Å². The van der Waals surface area contributed by atoms with Crippen LogP contribution in [0.15, 0.2) is 36.0 Å². The van der Waals surface area contributed by atoms with Crippen molar-refractivity contribution in [2.75, 3.05) is 19.8 Å². The van der Waals surface area contributed by atoms with E-state index in [9.17, 15) is 86.2 Å². The molecule has 25 heteroatoms. The number of carbonyl (C=O) groups excluding carboxylic acids is 1. The van der Waals surface area contributed by atoms with Gasteiger partial charge >= 0.3 is 11.9 Å². The Balaban J connectivity index is 1.08. The van der Waals surface area contributed by atoms with Gasteiger partial charge in [-0.05, 0) is 104 Å². The van der Waals surface area contributed by atoms with Crippen molar-refractivity contribution in [3.8, 4) is 0 Å². The van der Waals surface area contributed by atoms with Gasteiger partial charge in [0.15, 0.2) is 25.0 Å². The fraction of sp³-hybridized carbons (Fsp3) is 0.871. The second-order valence-corrected chi connectivity index (χ2v) is 28.7. The highest BCUT2D eigenvalue weighted by atomic mass is 16.8. The maximum absolute atomic E-state index is 13.5. The number of carboxylic acids is 1. The molecule has 5 aliphatic carbocycles. The highest BCUT2D eigenvalue weighted by Gasteiger charge is 2.75. The number of fused-ring (bicyclic) bond motifs is 7. The first-order valence-electron chi connectivity index (χ1n) is 31.1. The van der Waals surface area contributed by atoms with E-state index in [2.05, 4.69) is 33.8 Å². The van der Waals surface area contributed by atoms with Crippen molar-refractivity contribution in [1.29, 1.82) is 0 Å². The van der Waals surface area contributed by atoms with Crippen LogP contribution in [0, 0.1) is 56.2 Å². The molecule has 15 N–H and O–H groups in total. The van der Waals surface area contributed by atoms with Crippen LogP contribution in [0.1, 0.15) is 120 Å². The zero-order valence-corrected chi connectivity index (χ0v) is 51.3. The second-order valence-electron chi connectivity index (χ2n) is 28.7. The maximum Gasteiger partial charge on any atom is 0.335 e. The number of hydrogen-bond acceptors (Lipinski definition) is 24. The number of aliphatic carboxylic acids is 1. The number of carboxylic acid groups (broad SMARTS) is 1. The molecule has 0 bridgehead atoms. The molecule has 0 aromatic carbocycles. The van der Waals surface area contributed by atoms with Gasteiger partial charge in [0.2, 0.25) is 0 Å². The monoisotopic (exact) mass is 1240 g/mol. The Kier molecular flexibility index (Phi) is 20.3. The summed E-state index contributed by atoms with van der Waals surface area (Å²) in [6.45, 7) is 15.6. The Hall–Kier alpha value is -2.68. The molecule has 8 fully saturated rings. The molecule has 0 radical (unpaired) electrons. The number of allylic oxidation sites excluding steroid dienone is 4. The second kappa shape index (κ2) is 25.7. The van der Waals surface area contributed by atoms with Crippen molar-refractivity contribution in [3.05, 3.63) is 36.0 Å². The molecule has 4 heterocycles. The van der Waals surface area contributed by atoms with Gasteiger partial charge in [0, 0.05) is 11.5 Å². The smallest absolute Gasteiger partial charge is 0.335 e. The van der Waals surface area contributed by atoms with E-state index < -0.39 is 217 Å². The lowest BCUT2D eigenvalue weighted by Gasteiger charge is -2.73. The van der Waals surface area contributed by atoms with Gasteiger partial charge < -0.3 is 114 Å². The van der Waals surface area contributed by atoms with Crippen LogP contribution >= 0.6 is 0 Å². The third kappa shape index (κ3) is 11.5. The minimum absolute atomic E-state index is 0.170. The fourth-order valence-corrected chi connectivity index (χ4v) is 18.2.